The minimum atomic E-state index is -4.63. The Morgan fingerprint density at radius 2 is 1.77 bits per heavy atom. The predicted molar refractivity (Wildman–Crippen MR) is 177 cm³/mol. The van der Waals surface area contributed by atoms with Gasteiger partial charge in [-0.2, -0.15) is 22.7 Å². The molecule has 1 aromatic carbocycles. The summed E-state index contributed by atoms with van der Waals surface area (Å²) < 4.78 is 48.5. The summed E-state index contributed by atoms with van der Waals surface area (Å²) in [6.45, 7) is 4.43. The summed E-state index contributed by atoms with van der Waals surface area (Å²) in [6.07, 6.45) is -3.05. The Morgan fingerprint density at radius 1 is 1.06 bits per heavy atom. The van der Waals surface area contributed by atoms with Crippen molar-refractivity contribution < 1.29 is 37.4 Å². The van der Waals surface area contributed by atoms with E-state index in [0.717, 1.165) is 16.6 Å². The lowest BCUT2D eigenvalue weighted by molar-refractivity contribution is -0.137. The second kappa shape index (κ2) is 13.0. The van der Waals surface area contributed by atoms with Crippen molar-refractivity contribution in [1.29, 1.82) is 0 Å². The van der Waals surface area contributed by atoms with Crippen LogP contribution in [0.4, 0.5) is 24.8 Å². The average molecular weight is 745 g/mol. The molecule has 0 radical (unpaired) electrons. The number of carbonyl (C=O) groups excluding carboxylic acids is 3. The molecule has 2 saturated heterocycles. The highest BCUT2D eigenvalue weighted by Gasteiger charge is 2.48. The van der Waals surface area contributed by atoms with Gasteiger partial charge in [-0.1, -0.05) is 11.6 Å². The SMILES string of the molecule is CC(=O)N1CCN(c2nc3n(CC(=O)Nc4ccc(C(F)(F)F)cc4Cl)c4c(c(=O)n3n2)C2(CCN(C(=O)c3ncnc(C)c3O)CC2)OC4)CC1. The third-order valence-electron chi connectivity index (χ3n) is 9.73. The van der Waals surface area contributed by atoms with Crippen molar-refractivity contribution in [3.8, 4) is 5.75 Å². The highest BCUT2D eigenvalue weighted by Crippen LogP contribution is 2.43. The number of rotatable bonds is 5. The summed E-state index contributed by atoms with van der Waals surface area (Å²) in [4.78, 5) is 70.5. The van der Waals surface area contributed by atoms with Gasteiger partial charge in [-0.05, 0) is 38.0 Å². The van der Waals surface area contributed by atoms with Crippen molar-refractivity contribution in [1.82, 2.24) is 38.9 Å². The lowest BCUT2D eigenvalue weighted by Gasteiger charge is -2.38. The van der Waals surface area contributed by atoms with E-state index >= 15 is 0 Å². The highest BCUT2D eigenvalue weighted by molar-refractivity contribution is 6.33. The van der Waals surface area contributed by atoms with Gasteiger partial charge in [0.25, 0.3) is 11.5 Å². The zero-order valence-electron chi connectivity index (χ0n) is 27.9. The van der Waals surface area contributed by atoms with Crippen molar-refractivity contribution in [3.05, 3.63) is 68.1 Å². The summed E-state index contributed by atoms with van der Waals surface area (Å²) >= 11 is 6.11. The number of piperidine rings is 1. The average Bonchev–Trinajstić information content (AvgIpc) is 3.72. The number of likely N-dealkylation sites (tertiary alicyclic amines) is 1. The van der Waals surface area contributed by atoms with Crippen molar-refractivity contribution in [3.63, 3.8) is 0 Å². The largest absolute Gasteiger partial charge is 0.504 e. The summed E-state index contributed by atoms with van der Waals surface area (Å²) in [7, 11) is 0. The van der Waals surface area contributed by atoms with Crippen LogP contribution in [0, 0.1) is 6.92 Å². The van der Waals surface area contributed by atoms with Gasteiger partial charge >= 0.3 is 6.18 Å². The van der Waals surface area contributed by atoms with Crippen LogP contribution in [0.5, 0.6) is 5.75 Å². The fourth-order valence-electron chi connectivity index (χ4n) is 6.86. The van der Waals surface area contributed by atoms with Crippen LogP contribution in [0.1, 0.15) is 52.8 Å². The number of fused-ring (bicyclic) bond motifs is 3. The Bertz CT molecular complexity index is 2170. The molecule has 0 unspecified atom stereocenters. The van der Waals surface area contributed by atoms with Crippen LogP contribution in [0.3, 0.4) is 0 Å². The minimum absolute atomic E-state index is 0.0317. The fraction of sp³-hybridized carbons (Fsp3) is 0.438. The van der Waals surface area contributed by atoms with Gasteiger partial charge in [0, 0.05) is 46.2 Å². The number of benzene rings is 1. The number of nitrogens with zero attached hydrogens (tertiary/aromatic N) is 9. The number of piperazine rings is 1. The Kier molecular flexibility index (Phi) is 8.80. The normalized spacial score (nSPS) is 17.2. The van der Waals surface area contributed by atoms with E-state index in [9.17, 15) is 37.5 Å². The lowest BCUT2D eigenvalue weighted by Crippen LogP contribution is -2.48. The first-order valence-corrected chi connectivity index (χ1v) is 16.7. The third-order valence-corrected chi connectivity index (χ3v) is 10.0. The molecule has 1 spiro atoms. The number of hydrogen-bond donors (Lipinski definition) is 2. The summed E-state index contributed by atoms with van der Waals surface area (Å²) in [6, 6.07) is 2.57. The lowest BCUT2D eigenvalue weighted by atomic mass is 9.85. The summed E-state index contributed by atoms with van der Waals surface area (Å²) in [5.74, 6) is -1.33. The van der Waals surface area contributed by atoms with Crippen LogP contribution in [0.2, 0.25) is 5.02 Å². The molecule has 52 heavy (non-hydrogen) atoms. The Hall–Kier alpha value is -5.30. The summed E-state index contributed by atoms with van der Waals surface area (Å²) in [5.41, 5.74) is -1.99. The number of carbonyl (C=O) groups is 3. The molecule has 7 rings (SSSR count). The van der Waals surface area contributed by atoms with Crippen molar-refractivity contribution in [2.75, 3.05) is 49.5 Å². The number of aromatic nitrogens is 6. The van der Waals surface area contributed by atoms with Gasteiger partial charge < -0.3 is 34.4 Å². The number of nitrogens with one attached hydrogen (secondary N) is 1. The van der Waals surface area contributed by atoms with E-state index < -0.39 is 41.3 Å². The quantitative estimate of drug-likeness (QED) is 0.306. The topological polar surface area (TPSA) is 180 Å². The Balaban J connectivity index is 1.22. The number of ether oxygens (including phenoxy) is 1. The molecular formula is C32H32ClF3N10O6. The Morgan fingerprint density at radius 3 is 2.42 bits per heavy atom. The van der Waals surface area contributed by atoms with Crippen LogP contribution >= 0.6 is 11.6 Å². The first-order chi connectivity index (χ1) is 24.7. The van der Waals surface area contributed by atoms with E-state index in [0.29, 0.717) is 37.9 Å². The second-order valence-electron chi connectivity index (χ2n) is 12.8. The molecule has 4 aromatic rings. The molecule has 3 aliphatic rings. The fourth-order valence-corrected chi connectivity index (χ4v) is 7.09. The first-order valence-electron chi connectivity index (χ1n) is 16.3. The predicted octanol–water partition coefficient (Wildman–Crippen LogP) is 2.34. The molecule has 6 heterocycles. The number of aromatic hydroxyl groups is 1. The molecule has 0 atom stereocenters. The van der Waals surface area contributed by atoms with E-state index in [-0.39, 0.29) is 83.6 Å². The highest BCUT2D eigenvalue weighted by atomic mass is 35.5. The second-order valence-corrected chi connectivity index (χ2v) is 13.2. The molecule has 0 bridgehead atoms. The van der Waals surface area contributed by atoms with Crippen molar-refractivity contribution in [2.24, 2.45) is 0 Å². The van der Waals surface area contributed by atoms with E-state index in [2.05, 4.69) is 25.4 Å². The number of amides is 3. The van der Waals surface area contributed by atoms with Gasteiger partial charge in [0.05, 0.1) is 39.8 Å². The smallest absolute Gasteiger partial charge is 0.416 e. The molecule has 20 heteroatoms. The molecule has 2 fully saturated rings. The first kappa shape index (κ1) is 35.1. The zero-order chi connectivity index (χ0) is 37.1. The van der Waals surface area contributed by atoms with Crippen molar-refractivity contribution >= 4 is 46.7 Å². The maximum Gasteiger partial charge on any atom is 0.416 e. The minimum Gasteiger partial charge on any atom is -0.504 e. The number of hydrogen-bond acceptors (Lipinski definition) is 11. The number of alkyl halides is 3. The van der Waals surface area contributed by atoms with E-state index in [1.54, 1.807) is 11.8 Å². The standard InChI is InChI=1S/C32H32ClF3N10O6/c1-17-26(49)25(38-16-37-17)28(51)43-7-5-31(6-8-43)24-22(15-52-31)45(14-23(48)39-21-4-3-19(13-20(21)33)32(34,35)36)30-40-29(41-46(30)27(24)50)44-11-9-42(10-12-44)18(2)47/h3-4,13,16,49H,5-12,14-15H2,1-2H3,(H,39,48). The molecule has 3 aromatic heterocycles. The van der Waals surface area contributed by atoms with Gasteiger partial charge in [-0.25, -0.2) is 9.97 Å². The third kappa shape index (κ3) is 6.16. The summed E-state index contributed by atoms with van der Waals surface area (Å²) in [5, 5.41) is 17.2. The van der Waals surface area contributed by atoms with Gasteiger partial charge in [0.2, 0.25) is 23.5 Å². The van der Waals surface area contributed by atoms with Crippen LogP contribution in [0.25, 0.3) is 5.78 Å². The van der Waals surface area contributed by atoms with Gasteiger partial charge in [0.1, 0.15) is 18.5 Å². The van der Waals surface area contributed by atoms with Gasteiger partial charge in [0.15, 0.2) is 11.4 Å². The maximum atomic E-state index is 14.3. The number of aryl methyl sites for hydroxylation is 1. The van der Waals surface area contributed by atoms with Crippen molar-refractivity contribution in [2.45, 2.75) is 51.6 Å². The van der Waals surface area contributed by atoms with Gasteiger partial charge in [-0.15, -0.1) is 5.10 Å². The monoisotopic (exact) mass is 744 g/mol. The van der Waals surface area contributed by atoms with Crippen LogP contribution in [-0.2, 0) is 39.3 Å². The molecule has 3 aliphatic heterocycles. The molecular weight excluding hydrogens is 713 g/mol. The molecule has 3 amide bonds. The van der Waals surface area contributed by atoms with E-state index in [1.807, 2.05) is 4.90 Å². The van der Waals surface area contributed by atoms with Crippen LogP contribution in [-0.4, -0.2) is 101 Å². The zero-order valence-corrected chi connectivity index (χ0v) is 28.7. The number of halogens is 4. The molecule has 0 aliphatic carbocycles. The van der Waals surface area contributed by atoms with Crippen LogP contribution < -0.4 is 15.8 Å². The molecule has 274 valence electrons. The molecule has 2 N–H and O–H groups in total. The van der Waals surface area contributed by atoms with E-state index in [4.69, 9.17) is 16.3 Å². The molecule has 16 nitrogen and oxygen atoms in total. The van der Waals surface area contributed by atoms with E-state index in [1.165, 1.54) is 22.7 Å². The Labute approximate surface area is 297 Å². The van der Waals surface area contributed by atoms with Gasteiger partial charge in [-0.3, -0.25) is 19.2 Å². The number of anilines is 2. The molecule has 0 saturated carbocycles. The maximum absolute atomic E-state index is 14.3. The van der Waals surface area contributed by atoms with Crippen LogP contribution in [0.15, 0.2) is 29.3 Å².